The monoisotopic (exact) mass is 182 g/mol. The van der Waals surface area contributed by atoms with Crippen LogP contribution in [0.5, 0.6) is 0 Å². The molecule has 5 nitrogen and oxygen atoms in total. The minimum absolute atomic E-state index is 0.204. The van der Waals surface area contributed by atoms with Crippen molar-refractivity contribution < 1.29 is 4.74 Å². The maximum Gasteiger partial charge on any atom is 0.330 e. The molecule has 2 heterocycles. The van der Waals surface area contributed by atoms with Crippen molar-refractivity contribution in [3.8, 4) is 0 Å². The number of ether oxygens (including phenoxy) is 1. The van der Waals surface area contributed by atoms with Crippen molar-refractivity contribution in [2.75, 3.05) is 6.61 Å². The van der Waals surface area contributed by atoms with Crippen LogP contribution >= 0.6 is 0 Å². The van der Waals surface area contributed by atoms with Crippen LogP contribution in [-0.4, -0.2) is 16.2 Å². The molecule has 5 heteroatoms. The molecule has 1 fully saturated rings. The summed E-state index contributed by atoms with van der Waals surface area (Å²) in [6.45, 7) is 0.677. The van der Waals surface area contributed by atoms with Gasteiger partial charge >= 0.3 is 5.69 Å². The highest BCUT2D eigenvalue weighted by Crippen LogP contribution is 2.19. The summed E-state index contributed by atoms with van der Waals surface area (Å²) < 4.78 is 6.71. The van der Waals surface area contributed by atoms with Gasteiger partial charge in [-0.1, -0.05) is 0 Å². The summed E-state index contributed by atoms with van der Waals surface area (Å²) in [4.78, 5) is 24.2. The number of aromatic nitrogens is 2. The molecule has 1 unspecified atom stereocenters. The predicted octanol–water partition coefficient (Wildman–Crippen LogP) is -0.154. The Balaban J connectivity index is 2.40. The van der Waals surface area contributed by atoms with Crippen LogP contribution in [-0.2, 0) is 4.74 Å². The fraction of sp³-hybridized carbons (Fsp3) is 0.500. The number of H-pyrrole nitrogens is 1. The van der Waals surface area contributed by atoms with Gasteiger partial charge in [0.05, 0.1) is 0 Å². The Morgan fingerprint density at radius 3 is 3.00 bits per heavy atom. The number of aromatic amines is 1. The third-order valence-electron chi connectivity index (χ3n) is 2.07. The summed E-state index contributed by atoms with van der Waals surface area (Å²) in [7, 11) is 0. The van der Waals surface area contributed by atoms with Gasteiger partial charge < -0.3 is 4.74 Å². The Morgan fingerprint density at radius 1 is 1.54 bits per heavy atom. The van der Waals surface area contributed by atoms with E-state index in [0.717, 1.165) is 12.8 Å². The molecule has 2 rings (SSSR count). The average Bonchev–Trinajstić information content (AvgIpc) is 2.56. The number of hydrogen-bond acceptors (Lipinski definition) is 3. The maximum atomic E-state index is 11.3. The van der Waals surface area contributed by atoms with Crippen LogP contribution in [0.15, 0.2) is 21.9 Å². The topological polar surface area (TPSA) is 64.1 Å². The molecule has 0 bridgehead atoms. The van der Waals surface area contributed by atoms with Crippen LogP contribution in [0.4, 0.5) is 0 Å². The number of rotatable bonds is 1. The van der Waals surface area contributed by atoms with Crippen molar-refractivity contribution in [3.05, 3.63) is 33.1 Å². The standard InChI is InChI=1S/C8H10N2O3/c11-6-3-4-10(8(12)9-6)7-2-1-5-13-7/h3-4,7H,1-2,5H2,(H,9,11,12). The molecule has 0 radical (unpaired) electrons. The Bertz CT molecular complexity index is 400. The second kappa shape index (κ2) is 3.18. The number of hydrogen-bond donors (Lipinski definition) is 1. The van der Waals surface area contributed by atoms with E-state index in [2.05, 4.69) is 4.98 Å². The molecule has 13 heavy (non-hydrogen) atoms. The van der Waals surface area contributed by atoms with Gasteiger partial charge in [-0.05, 0) is 12.8 Å². The summed E-state index contributed by atoms with van der Waals surface area (Å²) in [5, 5.41) is 0. The molecular formula is C8H10N2O3. The highest BCUT2D eigenvalue weighted by atomic mass is 16.5. The molecule has 1 aliphatic rings. The highest BCUT2D eigenvalue weighted by molar-refractivity contribution is 4.84. The van der Waals surface area contributed by atoms with Crippen LogP contribution in [0.2, 0.25) is 0 Å². The molecule has 1 atom stereocenters. The van der Waals surface area contributed by atoms with E-state index in [1.54, 1.807) is 0 Å². The van der Waals surface area contributed by atoms with Gasteiger partial charge in [-0.15, -0.1) is 0 Å². The van der Waals surface area contributed by atoms with Crippen molar-refractivity contribution in [1.82, 2.24) is 9.55 Å². The zero-order valence-corrected chi connectivity index (χ0v) is 7.03. The zero-order chi connectivity index (χ0) is 9.26. The first-order valence-corrected chi connectivity index (χ1v) is 4.20. The molecular weight excluding hydrogens is 172 g/mol. The predicted molar refractivity (Wildman–Crippen MR) is 45.5 cm³/mol. The van der Waals surface area contributed by atoms with E-state index in [0.29, 0.717) is 6.61 Å². The molecule has 70 valence electrons. The lowest BCUT2D eigenvalue weighted by molar-refractivity contribution is 0.0526. The third-order valence-corrected chi connectivity index (χ3v) is 2.07. The van der Waals surface area contributed by atoms with Gasteiger partial charge in [-0.25, -0.2) is 4.79 Å². The van der Waals surface area contributed by atoms with E-state index in [9.17, 15) is 9.59 Å². The van der Waals surface area contributed by atoms with Gasteiger partial charge in [0.25, 0.3) is 5.56 Å². The Morgan fingerprint density at radius 2 is 2.38 bits per heavy atom. The minimum Gasteiger partial charge on any atom is -0.358 e. The van der Waals surface area contributed by atoms with E-state index >= 15 is 0 Å². The van der Waals surface area contributed by atoms with Crippen molar-refractivity contribution in [2.24, 2.45) is 0 Å². The molecule has 1 N–H and O–H groups in total. The summed E-state index contributed by atoms with van der Waals surface area (Å²) in [5.41, 5.74) is -0.779. The van der Waals surface area contributed by atoms with Crippen LogP contribution in [0, 0.1) is 0 Å². The minimum atomic E-state index is -0.403. The fourth-order valence-corrected chi connectivity index (χ4v) is 1.43. The van der Waals surface area contributed by atoms with Gasteiger partial charge in [-0.3, -0.25) is 14.3 Å². The number of nitrogens with zero attached hydrogens (tertiary/aromatic N) is 1. The fourth-order valence-electron chi connectivity index (χ4n) is 1.43. The molecule has 1 saturated heterocycles. The van der Waals surface area contributed by atoms with Crippen molar-refractivity contribution in [2.45, 2.75) is 19.1 Å². The Kier molecular flexibility index (Phi) is 2.02. The SMILES string of the molecule is O=c1ccn(C2CCCO2)c(=O)[nH]1. The van der Waals surface area contributed by atoms with Gasteiger partial charge in [0.1, 0.15) is 6.23 Å². The van der Waals surface area contributed by atoms with Crippen molar-refractivity contribution >= 4 is 0 Å². The molecule has 0 saturated carbocycles. The van der Waals surface area contributed by atoms with Crippen molar-refractivity contribution in [1.29, 1.82) is 0 Å². The average molecular weight is 182 g/mol. The lowest BCUT2D eigenvalue weighted by Crippen LogP contribution is -2.31. The van der Waals surface area contributed by atoms with Gasteiger partial charge in [0.2, 0.25) is 0 Å². The summed E-state index contributed by atoms with van der Waals surface area (Å²) in [6.07, 6.45) is 3.05. The van der Waals surface area contributed by atoms with E-state index < -0.39 is 5.69 Å². The van der Waals surface area contributed by atoms with Crippen molar-refractivity contribution in [3.63, 3.8) is 0 Å². The Labute approximate surface area is 74.0 Å². The molecule has 1 aliphatic heterocycles. The van der Waals surface area contributed by atoms with E-state index in [1.807, 2.05) is 0 Å². The molecule has 1 aromatic rings. The normalized spacial score (nSPS) is 22.0. The number of nitrogens with one attached hydrogen (secondary N) is 1. The van der Waals surface area contributed by atoms with Gasteiger partial charge in [0.15, 0.2) is 0 Å². The second-order valence-electron chi connectivity index (χ2n) is 2.99. The van der Waals surface area contributed by atoms with Crippen LogP contribution < -0.4 is 11.2 Å². The molecule has 0 amide bonds. The lowest BCUT2D eigenvalue weighted by atomic mass is 10.3. The van der Waals surface area contributed by atoms with Crippen LogP contribution in [0.1, 0.15) is 19.1 Å². The molecule has 0 aromatic carbocycles. The van der Waals surface area contributed by atoms with E-state index in [1.165, 1.54) is 16.8 Å². The van der Waals surface area contributed by atoms with Crippen LogP contribution in [0.3, 0.4) is 0 Å². The summed E-state index contributed by atoms with van der Waals surface area (Å²) in [6, 6.07) is 1.32. The first kappa shape index (κ1) is 8.25. The molecule has 1 aromatic heterocycles. The molecule has 0 spiro atoms. The Hall–Kier alpha value is -1.36. The van der Waals surface area contributed by atoms with Gasteiger partial charge in [0, 0.05) is 18.9 Å². The first-order chi connectivity index (χ1) is 6.27. The second-order valence-corrected chi connectivity index (χ2v) is 2.99. The lowest BCUT2D eigenvalue weighted by Gasteiger charge is -2.11. The van der Waals surface area contributed by atoms with E-state index in [-0.39, 0.29) is 11.8 Å². The third kappa shape index (κ3) is 1.55. The van der Waals surface area contributed by atoms with Crippen LogP contribution in [0.25, 0.3) is 0 Å². The van der Waals surface area contributed by atoms with E-state index in [4.69, 9.17) is 4.74 Å². The first-order valence-electron chi connectivity index (χ1n) is 4.20. The quantitative estimate of drug-likeness (QED) is 0.656. The largest absolute Gasteiger partial charge is 0.358 e. The maximum absolute atomic E-state index is 11.3. The molecule has 0 aliphatic carbocycles. The zero-order valence-electron chi connectivity index (χ0n) is 7.03. The summed E-state index contributed by atoms with van der Waals surface area (Å²) >= 11 is 0. The van der Waals surface area contributed by atoms with Gasteiger partial charge in [-0.2, -0.15) is 0 Å². The highest BCUT2D eigenvalue weighted by Gasteiger charge is 2.17. The summed E-state index contributed by atoms with van der Waals surface area (Å²) in [5.74, 6) is 0. The smallest absolute Gasteiger partial charge is 0.330 e.